The molecule has 0 saturated heterocycles. The molecule has 0 bridgehead atoms. The van der Waals surface area contributed by atoms with Crippen LogP contribution < -0.4 is 0 Å². The van der Waals surface area contributed by atoms with Crippen LogP contribution in [-0.4, -0.2) is 0 Å². The molecule has 0 atom stereocenters. The number of hydrogen-bond acceptors (Lipinski definition) is 6. The molecule has 0 N–H and O–H groups in total. The first kappa shape index (κ1) is 68.9. The van der Waals surface area contributed by atoms with E-state index in [0.717, 1.165) is 0 Å². The van der Waals surface area contributed by atoms with E-state index in [2.05, 4.69) is 0 Å². The van der Waals surface area contributed by atoms with Gasteiger partial charge in [-0.1, -0.05) is 0 Å². The minimum atomic E-state index is 0. The second-order valence-electron chi connectivity index (χ2n) is 0. The van der Waals surface area contributed by atoms with Gasteiger partial charge >= 0.3 is 0 Å². The Kier molecular flexibility index (Phi) is 1060. The Morgan fingerprint density at radius 1 is 0.308 bits per heavy atom. The van der Waals surface area contributed by atoms with Crippen LogP contribution in [0.3, 0.4) is 0 Å². The maximum absolute atomic E-state index is 6.25. The minimum Gasteiger partial charge on any atom is -0.512 e. The Bertz CT molecular complexity index is 92.1. The zero-order valence-corrected chi connectivity index (χ0v) is 10.3. The molecule has 0 unspecified atom stereocenters. The first-order chi connectivity index (χ1) is 6.00. The molecule has 0 rings (SSSR count). The molecule has 0 radical (unpaired) electrons. The Balaban J connectivity index is -0.00000000655. The van der Waals surface area contributed by atoms with Crippen molar-refractivity contribution in [3.63, 3.8) is 0 Å². The molecule has 0 aromatic rings. The van der Waals surface area contributed by atoms with Crippen LogP contribution in [0.2, 0.25) is 0 Å². The quantitative estimate of drug-likeness (QED) is 0.550. The summed E-state index contributed by atoms with van der Waals surface area (Å²) in [4.78, 5) is 0. The van der Waals surface area contributed by atoms with Crippen molar-refractivity contribution in [2.75, 3.05) is 0 Å². The van der Waals surface area contributed by atoms with Gasteiger partial charge in [0.05, 0.1) is 0 Å². The van der Waals surface area contributed by atoms with Crippen LogP contribution in [0.15, 0.2) is 0 Å². The van der Waals surface area contributed by atoms with Gasteiger partial charge in [0.25, 0.3) is 0 Å². The summed E-state index contributed by atoms with van der Waals surface area (Å²) < 4.78 is 0. The van der Waals surface area contributed by atoms with E-state index in [0.29, 0.717) is 0 Å². The molecular weight excluding hydrogens is 394 g/mol. The normalized spacial score (nSPS) is 0.923. The molecule has 0 aliphatic rings. The fourth-order valence-electron chi connectivity index (χ4n) is 0. The van der Waals surface area contributed by atoms with Gasteiger partial charge in [-0.3, -0.25) is 0 Å². The van der Waals surface area contributed by atoms with Crippen LogP contribution >= 0.6 is 0 Å². The topological polar surface area (TPSA) is 143 Å². The number of nitrogens with zero attached hydrogens (tertiary/aromatic N) is 6. The molecule has 6 nitrogen and oxygen atoms in total. The molecule has 0 aliphatic heterocycles. The van der Waals surface area contributed by atoms with Crippen molar-refractivity contribution in [2.45, 2.75) is 0 Å². The molecule has 0 aliphatic carbocycles. The van der Waals surface area contributed by atoms with Crippen molar-refractivity contribution in [1.29, 1.82) is 31.6 Å². The zero-order chi connectivity index (χ0) is 12.0. The van der Waals surface area contributed by atoms with Crippen LogP contribution in [0.1, 0.15) is 0 Å². The number of rotatable bonds is 0. The average molecular weight is 394 g/mol. The van der Waals surface area contributed by atoms with Crippen molar-refractivity contribution in [2.24, 2.45) is 0 Å². The third-order valence-electron chi connectivity index (χ3n) is 0. The van der Waals surface area contributed by atoms with Crippen molar-refractivity contribution in [1.82, 2.24) is 0 Å². The third kappa shape index (κ3) is 158. The zero-order valence-electron chi connectivity index (χ0n) is 6.18. The van der Waals surface area contributed by atoms with Crippen LogP contribution in [-0.2, 0) is 0 Å². The first-order valence-electron chi connectivity index (χ1n) is 1.34. The second-order valence-corrected chi connectivity index (χ2v) is 0. The molecule has 0 aromatic carbocycles. The van der Waals surface area contributed by atoms with Gasteiger partial charge in [0.15, 0.2) is 0 Å². The molecule has 0 amide bonds. The van der Waals surface area contributed by atoms with Crippen LogP contribution in [0.5, 0.6) is 0 Å². The summed E-state index contributed by atoms with van der Waals surface area (Å²) >= 11 is 0. The molecule has 0 spiro atoms. The van der Waals surface area contributed by atoms with Gasteiger partial charge in [0.1, 0.15) is 0 Å². The summed E-state index contributed by atoms with van der Waals surface area (Å²) in [5, 5.41) is 37.5. The average Bonchev–Trinajstić information content (AvgIpc) is 2.33. The van der Waals surface area contributed by atoms with E-state index in [-0.39, 0.29) is 31.1 Å². The fourth-order valence-corrected chi connectivity index (χ4v) is 0. The molecule has 0 saturated carbocycles. The van der Waals surface area contributed by atoms with Gasteiger partial charge in [0.2, 0.25) is 0 Å². The molecule has 0 heterocycles. The predicted octanol–water partition coefficient (Wildman–Crippen LogP) is 0.578. The standard InChI is InChI=1S/6CN.U/c6*1-2;/q6*-1;. The van der Waals surface area contributed by atoms with Gasteiger partial charge in [-0.25, -0.2) is 0 Å². The molecular formula is C6N6U-6. The van der Waals surface area contributed by atoms with Crippen molar-refractivity contribution < 1.29 is 31.1 Å². The van der Waals surface area contributed by atoms with Crippen LogP contribution in [0.25, 0.3) is 0 Å². The van der Waals surface area contributed by atoms with Crippen LogP contribution in [0, 0.1) is 102 Å². The Hall–Kier alpha value is -2.01. The maximum atomic E-state index is 6.25. The van der Waals surface area contributed by atoms with E-state index >= 15 is 0 Å². The SMILES string of the molecule is [C-]#N.[C-]#N.[C-]#N.[C-]#N.[C-]#N.[C-]#N.[U]. The first-order valence-corrected chi connectivity index (χ1v) is 1.34. The van der Waals surface area contributed by atoms with Crippen molar-refractivity contribution >= 4 is 0 Å². The van der Waals surface area contributed by atoms with E-state index < -0.39 is 0 Å². The van der Waals surface area contributed by atoms with E-state index in [1.54, 1.807) is 0 Å². The van der Waals surface area contributed by atoms with E-state index in [1.807, 2.05) is 0 Å². The van der Waals surface area contributed by atoms with Gasteiger partial charge in [-0.05, 0) is 0 Å². The summed E-state index contributed by atoms with van der Waals surface area (Å²) in [6, 6.07) is 0. The largest absolute Gasteiger partial charge is 0.512 e. The Morgan fingerprint density at radius 3 is 0.308 bits per heavy atom. The van der Waals surface area contributed by atoms with Gasteiger partial charge in [-0.15, -0.1) is 0 Å². The molecule has 13 heavy (non-hydrogen) atoms. The Morgan fingerprint density at radius 2 is 0.308 bits per heavy atom. The van der Waals surface area contributed by atoms with Gasteiger partial charge < -0.3 is 71.0 Å². The summed E-state index contributed by atoms with van der Waals surface area (Å²) in [6.45, 7) is 28.5. The molecule has 0 fully saturated rings. The molecule has 64 valence electrons. The van der Waals surface area contributed by atoms with E-state index in [9.17, 15) is 0 Å². The van der Waals surface area contributed by atoms with E-state index in [4.69, 9.17) is 71.0 Å². The number of hydrogen-bond donors (Lipinski definition) is 0. The summed E-state index contributed by atoms with van der Waals surface area (Å²) in [7, 11) is 0. The predicted molar refractivity (Wildman–Crippen MR) is 29.8 cm³/mol. The fraction of sp³-hybridized carbons (Fsp3) is 0. The van der Waals surface area contributed by atoms with Crippen LogP contribution in [0.4, 0.5) is 0 Å². The molecule has 0 aromatic heterocycles. The maximum Gasteiger partial charge on any atom is 0 e. The van der Waals surface area contributed by atoms with E-state index in [1.165, 1.54) is 0 Å². The van der Waals surface area contributed by atoms with Gasteiger partial charge in [0, 0.05) is 31.1 Å². The smallest absolute Gasteiger partial charge is 0 e. The molecule has 7 heteroatoms. The Labute approximate surface area is 102 Å². The third-order valence-corrected chi connectivity index (χ3v) is 0. The summed E-state index contributed by atoms with van der Waals surface area (Å²) in [5.41, 5.74) is 0. The second kappa shape index (κ2) is 200. The summed E-state index contributed by atoms with van der Waals surface area (Å²) in [6.07, 6.45) is 0. The van der Waals surface area contributed by atoms with Gasteiger partial charge in [-0.2, -0.15) is 0 Å². The minimum absolute atomic E-state index is 0. The monoisotopic (exact) mass is 394 g/mol. The van der Waals surface area contributed by atoms with Crippen molar-refractivity contribution in [3.05, 3.63) is 39.4 Å². The summed E-state index contributed by atoms with van der Waals surface area (Å²) in [5.74, 6) is 0. The van der Waals surface area contributed by atoms with Crippen molar-refractivity contribution in [3.8, 4) is 0 Å².